The van der Waals surface area contributed by atoms with Gasteiger partial charge < -0.3 is 57.1 Å². The van der Waals surface area contributed by atoms with Crippen molar-refractivity contribution >= 4 is 47.4 Å². The number of nitrogens with zero attached hydrogens (tertiary/aromatic N) is 2. The van der Waals surface area contributed by atoms with E-state index in [4.69, 9.17) is 10.8 Å². The van der Waals surface area contributed by atoms with Gasteiger partial charge in [0, 0.05) is 67.6 Å². The number of benzene rings is 2. The van der Waals surface area contributed by atoms with Crippen LogP contribution < -0.4 is 32.3 Å². The number of amides is 6. The van der Waals surface area contributed by atoms with E-state index in [2.05, 4.69) is 26.6 Å². The Balaban J connectivity index is 2.00. The summed E-state index contributed by atoms with van der Waals surface area (Å²) in [5, 5.41) is 41.8. The lowest BCUT2D eigenvalue weighted by Crippen LogP contribution is -2.56. The molecule has 0 aliphatic heterocycles. The molecule has 10 N–H and O–H groups in total. The van der Waals surface area contributed by atoms with Crippen molar-refractivity contribution in [2.45, 2.75) is 110 Å². The van der Waals surface area contributed by atoms with E-state index in [9.17, 15) is 53.0 Å². The number of primary amides is 1. The lowest BCUT2D eigenvalue weighted by Gasteiger charge is -2.41. The summed E-state index contributed by atoms with van der Waals surface area (Å²) in [5.41, 5.74) is 5.36. The van der Waals surface area contributed by atoms with E-state index in [1.807, 2.05) is 71.9 Å². The first-order chi connectivity index (χ1) is 32.3. The van der Waals surface area contributed by atoms with Crippen LogP contribution in [0.4, 0.5) is 8.78 Å². The number of halogens is 2. The summed E-state index contributed by atoms with van der Waals surface area (Å²) in [4.78, 5) is 103. The number of carboxylic acids is 2. The number of aliphatic carboxylic acids is 2. The summed E-state index contributed by atoms with van der Waals surface area (Å²) < 4.78 is 31.6. The molecule has 19 nitrogen and oxygen atoms in total. The van der Waals surface area contributed by atoms with Crippen molar-refractivity contribution in [3.8, 4) is 11.1 Å². The molecule has 1 heterocycles. The van der Waals surface area contributed by atoms with E-state index in [0.29, 0.717) is 5.69 Å². The highest BCUT2D eigenvalue weighted by Gasteiger charge is 2.38. The van der Waals surface area contributed by atoms with Crippen molar-refractivity contribution in [1.82, 2.24) is 36.1 Å². The third-order valence-electron chi connectivity index (χ3n) is 11.7. The maximum absolute atomic E-state index is 15.3. The van der Waals surface area contributed by atoms with E-state index < -0.39 is 114 Å². The van der Waals surface area contributed by atoms with E-state index in [0.717, 1.165) is 23.8 Å². The summed E-state index contributed by atoms with van der Waals surface area (Å²) in [6.07, 6.45) is -0.455. The Morgan fingerprint density at radius 2 is 1.45 bits per heavy atom. The van der Waals surface area contributed by atoms with Gasteiger partial charge in [0.1, 0.15) is 30.3 Å². The molecule has 0 fully saturated rings. The highest BCUT2D eigenvalue weighted by atomic mass is 19.1. The molecule has 1 unspecified atom stereocenters. The lowest BCUT2D eigenvalue weighted by molar-refractivity contribution is -0.140. The summed E-state index contributed by atoms with van der Waals surface area (Å²) in [7, 11) is 0. The first-order valence-corrected chi connectivity index (χ1v) is 22.6. The second kappa shape index (κ2) is 26.1. The number of nitrogens with two attached hydrogens (primary N) is 1. The van der Waals surface area contributed by atoms with Gasteiger partial charge in [-0.3, -0.25) is 38.4 Å². The fraction of sp³-hybridized carbons (Fsp3) is 0.500. The Labute approximate surface area is 399 Å². The average Bonchev–Trinajstić information content (AvgIpc) is 3.68. The van der Waals surface area contributed by atoms with Crippen LogP contribution in [0.25, 0.3) is 11.1 Å². The number of aliphatic hydroxyl groups excluding tert-OH is 1. The van der Waals surface area contributed by atoms with Gasteiger partial charge in [0.15, 0.2) is 0 Å². The summed E-state index contributed by atoms with van der Waals surface area (Å²) in [5.74, 6) is -8.74. The highest BCUT2D eigenvalue weighted by molar-refractivity contribution is 5.95. The molecular weight excluding hydrogens is 903 g/mol. The topological polar surface area (TPSA) is 292 Å². The Kier molecular flexibility index (Phi) is 21.4. The molecule has 0 radical (unpaired) electrons. The fourth-order valence-electron chi connectivity index (χ4n) is 7.61. The second-order valence-corrected chi connectivity index (χ2v) is 18.4. The van der Waals surface area contributed by atoms with Gasteiger partial charge in [0.2, 0.25) is 35.4 Å². The summed E-state index contributed by atoms with van der Waals surface area (Å²) >= 11 is 0. The van der Waals surface area contributed by atoms with E-state index in [1.54, 1.807) is 16.8 Å². The predicted molar refractivity (Wildman–Crippen MR) is 250 cm³/mol. The minimum atomic E-state index is -1.65. The molecule has 1 aromatic heterocycles. The van der Waals surface area contributed by atoms with Crippen LogP contribution in [0.2, 0.25) is 0 Å². The van der Waals surface area contributed by atoms with Crippen LogP contribution in [0.3, 0.4) is 0 Å². The molecule has 0 aliphatic carbocycles. The monoisotopic (exact) mass is 968 g/mol. The Morgan fingerprint density at radius 1 is 0.797 bits per heavy atom. The SMILES string of the molecule is CC(C)C(C)(CCC(=O)O)NCC(=O)NCCNC(=O)[C@H](CCN(C(=O)CO)[C@@H](c1cc(-c2cc(F)ccc2F)cn1Cc1ccccc1)C(C)(C)C)NC(=O)[C@H](CC(N)=O)NC(=O)CCC(=O)O. The molecule has 6 amide bonds. The van der Waals surface area contributed by atoms with Crippen LogP contribution in [-0.4, -0.2) is 123 Å². The Hall–Kier alpha value is -6.74. The van der Waals surface area contributed by atoms with Crippen LogP contribution in [0, 0.1) is 23.0 Å². The minimum absolute atomic E-state index is 0.0268. The zero-order chi connectivity index (χ0) is 51.6. The normalized spacial score (nSPS) is 13.6. The maximum Gasteiger partial charge on any atom is 0.303 e. The fourth-order valence-corrected chi connectivity index (χ4v) is 7.61. The highest BCUT2D eigenvalue weighted by Crippen LogP contribution is 2.41. The van der Waals surface area contributed by atoms with E-state index >= 15 is 4.39 Å². The van der Waals surface area contributed by atoms with E-state index in [-0.39, 0.29) is 69.0 Å². The largest absolute Gasteiger partial charge is 0.481 e. The standard InChI is InChI=1S/C48H66F2N8O11/c1-29(2)48(6,18-16-43(66)67)54-25-40(62)52-19-20-53-45(68)35(56-46(69)36(24-38(51)60)55-39(61)14-15-42(64)65)17-21-58(41(63)28-59)44(47(3,4)5)37-22-31(33-23-32(49)12-13-34(33)50)27-57(37)26-30-10-8-7-9-11-30/h7-13,22-23,27,29,35-36,44,54,59H,14-21,24-26,28H2,1-6H3,(H2,51,60)(H,52,62)(H,53,68)(H,55,61)(H,56,69)(H,64,65)(H,66,67)/t35-,36-,44-,48?/m0/s1. The van der Waals surface area contributed by atoms with Gasteiger partial charge in [-0.2, -0.15) is 0 Å². The molecule has 21 heteroatoms. The molecule has 4 atom stereocenters. The number of rotatable bonds is 28. The molecule has 0 saturated heterocycles. The van der Waals surface area contributed by atoms with Crippen LogP contribution in [0.5, 0.6) is 0 Å². The molecule has 3 rings (SSSR count). The van der Waals surface area contributed by atoms with Crippen molar-refractivity contribution < 1.29 is 62.5 Å². The second-order valence-electron chi connectivity index (χ2n) is 18.4. The van der Waals surface area contributed by atoms with Gasteiger partial charge in [-0.1, -0.05) is 65.0 Å². The number of nitrogens with one attached hydrogen (secondary N) is 5. The van der Waals surface area contributed by atoms with Crippen molar-refractivity contribution in [3.05, 3.63) is 83.7 Å². The number of aliphatic hydroxyl groups is 1. The average molecular weight is 969 g/mol. The van der Waals surface area contributed by atoms with Gasteiger partial charge >= 0.3 is 11.9 Å². The molecule has 378 valence electrons. The van der Waals surface area contributed by atoms with Gasteiger partial charge in [0.05, 0.1) is 25.4 Å². The van der Waals surface area contributed by atoms with Gasteiger partial charge in [-0.15, -0.1) is 0 Å². The smallest absolute Gasteiger partial charge is 0.303 e. The number of carbonyl (C=O) groups excluding carboxylic acids is 6. The zero-order valence-corrected chi connectivity index (χ0v) is 39.9. The van der Waals surface area contributed by atoms with Crippen LogP contribution in [0.1, 0.15) is 97.4 Å². The molecule has 0 spiro atoms. The Morgan fingerprint density at radius 3 is 2.04 bits per heavy atom. The van der Waals surface area contributed by atoms with Gasteiger partial charge in [-0.25, -0.2) is 8.78 Å². The van der Waals surface area contributed by atoms with E-state index in [1.165, 1.54) is 4.90 Å². The molecule has 2 aromatic carbocycles. The maximum atomic E-state index is 15.3. The first-order valence-electron chi connectivity index (χ1n) is 22.6. The van der Waals surface area contributed by atoms with Gasteiger partial charge in [-0.05, 0) is 60.9 Å². The molecule has 69 heavy (non-hydrogen) atoms. The van der Waals surface area contributed by atoms with Crippen molar-refractivity contribution in [2.75, 3.05) is 32.8 Å². The quantitative estimate of drug-likeness (QED) is 0.0475. The molecule has 0 bridgehead atoms. The third-order valence-corrected chi connectivity index (χ3v) is 11.7. The van der Waals surface area contributed by atoms with Gasteiger partial charge in [0.25, 0.3) is 0 Å². The summed E-state index contributed by atoms with van der Waals surface area (Å²) in [6.45, 7) is 9.48. The van der Waals surface area contributed by atoms with Crippen molar-refractivity contribution in [1.29, 1.82) is 0 Å². The third kappa shape index (κ3) is 18.0. The number of aromatic nitrogens is 1. The number of carboxylic acid groups (broad SMARTS) is 2. The minimum Gasteiger partial charge on any atom is -0.481 e. The van der Waals surface area contributed by atoms with Crippen molar-refractivity contribution in [2.24, 2.45) is 17.1 Å². The number of hydrogen-bond acceptors (Lipinski definition) is 10. The van der Waals surface area contributed by atoms with Crippen LogP contribution in [0.15, 0.2) is 60.8 Å². The number of carbonyl (C=O) groups is 8. The zero-order valence-electron chi connectivity index (χ0n) is 39.9. The van der Waals surface area contributed by atoms with Crippen LogP contribution >= 0.6 is 0 Å². The molecule has 3 aromatic rings. The first kappa shape index (κ1) is 56.6. The summed E-state index contributed by atoms with van der Waals surface area (Å²) in [6, 6.07) is 9.72. The predicted octanol–water partition coefficient (Wildman–Crippen LogP) is 2.59. The number of hydrogen-bond donors (Lipinski definition) is 9. The lowest BCUT2D eigenvalue weighted by atomic mass is 9.82. The van der Waals surface area contributed by atoms with Crippen LogP contribution in [-0.2, 0) is 44.9 Å². The Bertz CT molecular complexity index is 2290. The molecule has 0 aliphatic rings. The molecule has 0 saturated carbocycles. The van der Waals surface area contributed by atoms with Crippen molar-refractivity contribution in [3.63, 3.8) is 0 Å². The molecular formula is C48H66F2N8O11.